The molecule has 1 aromatic carbocycles. The zero-order chi connectivity index (χ0) is 13.8. The molecule has 1 saturated heterocycles. The van der Waals surface area contributed by atoms with Crippen molar-refractivity contribution in [3.05, 3.63) is 35.4 Å². The highest BCUT2D eigenvalue weighted by Crippen LogP contribution is 2.16. The molecule has 20 heavy (non-hydrogen) atoms. The largest absolute Gasteiger partial charge is 0.342 e. The summed E-state index contributed by atoms with van der Waals surface area (Å²) in [7, 11) is 1.71. The van der Waals surface area contributed by atoms with Crippen LogP contribution in [0.1, 0.15) is 18.4 Å². The molecule has 0 aliphatic carbocycles. The average molecular weight is 305 g/mol. The lowest BCUT2D eigenvalue weighted by molar-refractivity contribution is -0.131. The maximum Gasteiger partial charge on any atom is 0.227 e. The Morgan fingerprint density at radius 3 is 2.40 bits per heavy atom. The third kappa shape index (κ3) is 3.90. The van der Waals surface area contributed by atoms with Crippen LogP contribution in [0.4, 0.5) is 8.78 Å². The number of rotatable bonds is 3. The summed E-state index contributed by atoms with van der Waals surface area (Å²) in [5, 5.41) is 3.22. The summed E-state index contributed by atoms with van der Waals surface area (Å²) < 4.78 is 27.0. The molecule has 1 aliphatic rings. The number of benzene rings is 1. The predicted octanol–water partition coefficient (Wildman–Crippen LogP) is 2.14. The Kier molecular flexibility index (Phi) is 6.36. The van der Waals surface area contributed by atoms with Crippen LogP contribution >= 0.6 is 12.4 Å². The van der Waals surface area contributed by atoms with E-state index < -0.39 is 11.6 Å². The van der Waals surface area contributed by atoms with Crippen LogP contribution in [0.25, 0.3) is 0 Å². The summed E-state index contributed by atoms with van der Waals surface area (Å²) in [5.74, 6) is -1.56. The number of likely N-dealkylation sites (N-methyl/N-ethyl adjacent to an activating group) is 1. The zero-order valence-corrected chi connectivity index (χ0v) is 12.2. The first-order valence-electron chi connectivity index (χ1n) is 6.49. The maximum atomic E-state index is 13.5. The third-order valence-corrected chi connectivity index (χ3v) is 3.64. The topological polar surface area (TPSA) is 32.3 Å². The lowest BCUT2D eigenvalue weighted by Crippen LogP contribution is -2.44. The van der Waals surface area contributed by atoms with E-state index in [0.29, 0.717) is 0 Å². The summed E-state index contributed by atoms with van der Waals surface area (Å²) in [6.07, 6.45) is 1.53. The molecule has 112 valence electrons. The van der Waals surface area contributed by atoms with Crippen molar-refractivity contribution in [1.82, 2.24) is 10.2 Å². The van der Waals surface area contributed by atoms with Crippen LogP contribution in [-0.4, -0.2) is 37.0 Å². The molecular weight excluding hydrogens is 286 g/mol. The monoisotopic (exact) mass is 304 g/mol. The lowest BCUT2D eigenvalue weighted by Gasteiger charge is -2.31. The van der Waals surface area contributed by atoms with E-state index in [2.05, 4.69) is 5.32 Å². The van der Waals surface area contributed by atoms with Gasteiger partial charge < -0.3 is 10.2 Å². The standard InChI is InChI=1S/C14H18F2N2O.ClH/c1-18(10-5-7-17-8-6-10)14(19)9-11-12(15)3-2-4-13(11)16;/h2-4,10,17H,5-9H2,1H3;1H. The molecule has 1 fully saturated rings. The molecule has 6 heteroatoms. The third-order valence-electron chi connectivity index (χ3n) is 3.64. The van der Waals surface area contributed by atoms with E-state index in [4.69, 9.17) is 0 Å². The molecule has 0 atom stereocenters. The van der Waals surface area contributed by atoms with Gasteiger partial charge in [-0.05, 0) is 38.1 Å². The number of carbonyl (C=O) groups is 1. The van der Waals surface area contributed by atoms with Crippen LogP contribution in [0, 0.1) is 11.6 Å². The SMILES string of the molecule is CN(C(=O)Cc1c(F)cccc1F)C1CCNCC1.Cl. The minimum Gasteiger partial charge on any atom is -0.342 e. The van der Waals surface area contributed by atoms with Crippen molar-refractivity contribution in [3.8, 4) is 0 Å². The minimum absolute atomic E-state index is 0. The molecule has 0 aromatic heterocycles. The van der Waals surface area contributed by atoms with Crippen LogP contribution in [0.15, 0.2) is 18.2 Å². The zero-order valence-electron chi connectivity index (χ0n) is 11.4. The fourth-order valence-corrected chi connectivity index (χ4v) is 2.37. The molecule has 0 spiro atoms. The molecule has 1 aliphatic heterocycles. The fraction of sp³-hybridized carbons (Fsp3) is 0.500. The van der Waals surface area contributed by atoms with Crippen molar-refractivity contribution in [2.75, 3.05) is 20.1 Å². The van der Waals surface area contributed by atoms with Crippen LogP contribution in [-0.2, 0) is 11.2 Å². The molecule has 1 N–H and O–H groups in total. The Hall–Kier alpha value is -1.20. The first-order chi connectivity index (χ1) is 9.09. The molecule has 1 amide bonds. The number of piperidine rings is 1. The van der Waals surface area contributed by atoms with Crippen LogP contribution in [0.2, 0.25) is 0 Å². The Morgan fingerprint density at radius 2 is 1.85 bits per heavy atom. The smallest absolute Gasteiger partial charge is 0.227 e. The molecular formula is C14H19ClF2N2O. The Balaban J connectivity index is 0.00000200. The van der Waals surface area contributed by atoms with E-state index in [1.807, 2.05) is 0 Å². The Morgan fingerprint density at radius 1 is 1.30 bits per heavy atom. The van der Waals surface area contributed by atoms with E-state index in [9.17, 15) is 13.6 Å². The number of nitrogens with one attached hydrogen (secondary N) is 1. The average Bonchev–Trinajstić information content (AvgIpc) is 2.43. The van der Waals surface area contributed by atoms with E-state index in [0.717, 1.165) is 25.9 Å². The van der Waals surface area contributed by atoms with Crippen LogP contribution in [0.5, 0.6) is 0 Å². The molecule has 1 heterocycles. The van der Waals surface area contributed by atoms with Gasteiger partial charge in [0.25, 0.3) is 0 Å². The molecule has 0 saturated carbocycles. The van der Waals surface area contributed by atoms with Gasteiger partial charge in [0.05, 0.1) is 6.42 Å². The van der Waals surface area contributed by atoms with E-state index in [1.54, 1.807) is 11.9 Å². The van der Waals surface area contributed by atoms with Gasteiger partial charge in [-0.25, -0.2) is 8.78 Å². The van der Waals surface area contributed by atoms with Crippen LogP contribution < -0.4 is 5.32 Å². The van der Waals surface area contributed by atoms with Gasteiger partial charge in [-0.15, -0.1) is 12.4 Å². The summed E-state index contributed by atoms with van der Waals surface area (Å²) in [6, 6.07) is 3.81. The number of halogens is 3. The highest BCUT2D eigenvalue weighted by Gasteiger charge is 2.23. The quantitative estimate of drug-likeness (QED) is 0.928. The number of amides is 1. The number of hydrogen-bond acceptors (Lipinski definition) is 2. The fourth-order valence-electron chi connectivity index (χ4n) is 2.37. The van der Waals surface area contributed by atoms with Gasteiger partial charge in [-0.2, -0.15) is 0 Å². The maximum absolute atomic E-state index is 13.5. The summed E-state index contributed by atoms with van der Waals surface area (Å²) >= 11 is 0. The van der Waals surface area contributed by atoms with Crippen molar-refractivity contribution < 1.29 is 13.6 Å². The van der Waals surface area contributed by atoms with Crippen LogP contribution in [0.3, 0.4) is 0 Å². The molecule has 1 aromatic rings. The second kappa shape index (κ2) is 7.55. The van der Waals surface area contributed by atoms with Crippen molar-refractivity contribution in [2.45, 2.75) is 25.3 Å². The van der Waals surface area contributed by atoms with Gasteiger partial charge in [-0.3, -0.25) is 4.79 Å². The summed E-state index contributed by atoms with van der Waals surface area (Å²) in [6.45, 7) is 1.74. The van der Waals surface area contributed by atoms with Gasteiger partial charge in [-0.1, -0.05) is 6.07 Å². The van der Waals surface area contributed by atoms with E-state index in [1.165, 1.54) is 18.2 Å². The molecule has 0 bridgehead atoms. The second-order valence-corrected chi connectivity index (χ2v) is 4.86. The van der Waals surface area contributed by atoms with Gasteiger partial charge >= 0.3 is 0 Å². The number of carbonyl (C=O) groups excluding carboxylic acids is 1. The van der Waals surface area contributed by atoms with E-state index >= 15 is 0 Å². The molecule has 2 rings (SSSR count). The number of hydrogen-bond donors (Lipinski definition) is 1. The predicted molar refractivity (Wildman–Crippen MR) is 76.0 cm³/mol. The van der Waals surface area contributed by atoms with Crippen molar-refractivity contribution >= 4 is 18.3 Å². The highest BCUT2D eigenvalue weighted by atomic mass is 35.5. The van der Waals surface area contributed by atoms with Crippen molar-refractivity contribution in [2.24, 2.45) is 0 Å². The number of nitrogens with zero attached hydrogens (tertiary/aromatic N) is 1. The molecule has 0 radical (unpaired) electrons. The summed E-state index contributed by atoms with van der Waals surface area (Å²) in [5.41, 5.74) is -0.145. The van der Waals surface area contributed by atoms with Gasteiger partial charge in [0.1, 0.15) is 11.6 Å². The van der Waals surface area contributed by atoms with E-state index in [-0.39, 0.29) is 36.3 Å². The van der Waals surface area contributed by atoms with Gasteiger partial charge in [0.15, 0.2) is 0 Å². The van der Waals surface area contributed by atoms with Crippen molar-refractivity contribution in [1.29, 1.82) is 0 Å². The Labute approximate surface area is 123 Å². The Bertz CT molecular complexity index is 444. The first-order valence-corrected chi connectivity index (χ1v) is 6.49. The van der Waals surface area contributed by atoms with Gasteiger partial charge in [0.2, 0.25) is 5.91 Å². The summed E-state index contributed by atoms with van der Waals surface area (Å²) in [4.78, 5) is 13.7. The minimum atomic E-state index is -0.660. The van der Waals surface area contributed by atoms with Crippen molar-refractivity contribution in [3.63, 3.8) is 0 Å². The lowest BCUT2D eigenvalue weighted by atomic mass is 10.0. The van der Waals surface area contributed by atoms with Gasteiger partial charge in [0, 0.05) is 18.7 Å². The second-order valence-electron chi connectivity index (χ2n) is 4.86. The first kappa shape index (κ1) is 16.9. The normalized spacial score (nSPS) is 15.6. The highest BCUT2D eigenvalue weighted by molar-refractivity contribution is 5.85. The molecule has 0 unspecified atom stereocenters. The molecule has 3 nitrogen and oxygen atoms in total.